The average molecular weight is 283 g/mol. The number of ether oxygens (including phenoxy) is 1. The lowest BCUT2D eigenvalue weighted by molar-refractivity contribution is 0.318. The molecule has 0 aliphatic carbocycles. The summed E-state index contributed by atoms with van der Waals surface area (Å²) in [6.45, 7) is 3.85. The van der Waals surface area contributed by atoms with E-state index in [1.165, 1.54) is 0 Å². The number of rotatable bonds is 7. The maximum absolute atomic E-state index is 8.77. The minimum atomic E-state index is 0.0520. The molecule has 0 spiro atoms. The maximum Gasteiger partial charge on any atom is 0.173 e. The molecule has 0 saturated heterocycles. The summed E-state index contributed by atoms with van der Waals surface area (Å²) < 4.78 is 5.19. The molecule has 19 heavy (non-hydrogen) atoms. The molecule has 1 aromatic rings. The van der Waals surface area contributed by atoms with Crippen molar-refractivity contribution in [3.8, 4) is 5.75 Å². The van der Waals surface area contributed by atoms with Gasteiger partial charge in [-0.15, -0.1) is 0 Å². The molecule has 6 heteroatoms. The molecule has 0 amide bonds. The minimum absolute atomic E-state index is 0.0520. The molecule has 0 aromatic heterocycles. The molecular weight excluding hydrogens is 262 g/mol. The topological polar surface area (TPSA) is 79.9 Å². The molecule has 4 N–H and O–H groups in total. The second-order valence-corrected chi connectivity index (χ2v) is 5.47. The van der Waals surface area contributed by atoms with Crippen molar-refractivity contribution in [1.82, 2.24) is 5.32 Å². The highest BCUT2D eigenvalue weighted by Crippen LogP contribution is 2.19. The molecule has 0 radical (unpaired) electrons. The van der Waals surface area contributed by atoms with E-state index in [9.17, 15) is 0 Å². The van der Waals surface area contributed by atoms with Crippen LogP contribution in [0.5, 0.6) is 5.75 Å². The first-order valence-corrected chi connectivity index (χ1v) is 7.29. The van der Waals surface area contributed by atoms with E-state index in [2.05, 4.69) is 23.7 Å². The Hall–Kier alpha value is -1.40. The van der Waals surface area contributed by atoms with Gasteiger partial charge in [0.15, 0.2) is 5.84 Å². The van der Waals surface area contributed by atoms with Crippen LogP contribution >= 0.6 is 11.8 Å². The Morgan fingerprint density at radius 2 is 2.32 bits per heavy atom. The lowest BCUT2D eigenvalue weighted by Crippen LogP contribution is -2.22. The molecule has 0 saturated carbocycles. The van der Waals surface area contributed by atoms with E-state index in [-0.39, 0.29) is 5.84 Å². The highest BCUT2D eigenvalue weighted by atomic mass is 32.2. The summed E-state index contributed by atoms with van der Waals surface area (Å²) in [4.78, 5) is 0. The molecule has 5 nitrogen and oxygen atoms in total. The average Bonchev–Trinajstić information content (AvgIpc) is 2.45. The number of benzene rings is 1. The quantitative estimate of drug-likeness (QED) is 0.307. The molecule has 106 valence electrons. The molecule has 0 bridgehead atoms. The molecule has 0 aliphatic heterocycles. The van der Waals surface area contributed by atoms with Crippen molar-refractivity contribution in [3.63, 3.8) is 0 Å². The number of thioether (sulfide) groups is 1. The van der Waals surface area contributed by atoms with Crippen LogP contribution in [0.15, 0.2) is 23.4 Å². The van der Waals surface area contributed by atoms with Gasteiger partial charge in [0.2, 0.25) is 0 Å². The third kappa shape index (κ3) is 4.65. The first-order valence-electron chi connectivity index (χ1n) is 6.00. The van der Waals surface area contributed by atoms with Gasteiger partial charge in [-0.25, -0.2) is 0 Å². The highest BCUT2D eigenvalue weighted by Gasteiger charge is 2.09. The number of hydrogen-bond donors (Lipinski definition) is 3. The van der Waals surface area contributed by atoms with Crippen LogP contribution in [0.3, 0.4) is 0 Å². The molecule has 1 atom stereocenters. The largest absolute Gasteiger partial charge is 0.496 e. The summed E-state index contributed by atoms with van der Waals surface area (Å²) in [5.41, 5.74) is 7.30. The fraction of sp³-hybridized carbons (Fsp3) is 0.462. The van der Waals surface area contributed by atoms with Gasteiger partial charge in [-0.1, -0.05) is 18.1 Å². The second kappa shape index (κ2) is 7.91. The molecule has 0 fully saturated rings. The van der Waals surface area contributed by atoms with Gasteiger partial charge in [0, 0.05) is 18.3 Å². The summed E-state index contributed by atoms with van der Waals surface area (Å²) in [6, 6.07) is 5.65. The van der Waals surface area contributed by atoms with Crippen molar-refractivity contribution in [1.29, 1.82) is 0 Å². The van der Waals surface area contributed by atoms with Crippen LogP contribution in [0.1, 0.15) is 18.1 Å². The Kier molecular flexibility index (Phi) is 6.52. The Morgan fingerprint density at radius 1 is 1.58 bits per heavy atom. The van der Waals surface area contributed by atoms with Gasteiger partial charge in [0.25, 0.3) is 0 Å². The fourth-order valence-corrected chi connectivity index (χ4v) is 1.91. The number of nitrogens with two attached hydrogens (primary N) is 1. The monoisotopic (exact) mass is 283 g/mol. The number of methoxy groups -OCH3 is 1. The van der Waals surface area contributed by atoms with Gasteiger partial charge in [0.1, 0.15) is 5.75 Å². The van der Waals surface area contributed by atoms with E-state index in [0.29, 0.717) is 16.6 Å². The summed E-state index contributed by atoms with van der Waals surface area (Å²) in [6.07, 6.45) is 2.09. The number of nitrogens with zero attached hydrogens (tertiary/aromatic N) is 1. The molecule has 1 aromatic carbocycles. The van der Waals surface area contributed by atoms with Crippen LogP contribution < -0.4 is 15.8 Å². The Balaban J connectivity index is 2.75. The zero-order chi connectivity index (χ0) is 14.3. The van der Waals surface area contributed by atoms with E-state index in [1.54, 1.807) is 7.11 Å². The van der Waals surface area contributed by atoms with Crippen LogP contribution in [-0.2, 0) is 6.54 Å². The Morgan fingerprint density at radius 3 is 2.89 bits per heavy atom. The summed E-state index contributed by atoms with van der Waals surface area (Å²) in [7, 11) is 1.56. The number of amidine groups is 1. The predicted molar refractivity (Wildman–Crippen MR) is 80.2 cm³/mol. The van der Waals surface area contributed by atoms with Crippen molar-refractivity contribution >= 4 is 17.6 Å². The van der Waals surface area contributed by atoms with E-state index in [0.717, 1.165) is 18.7 Å². The first kappa shape index (κ1) is 15.7. The second-order valence-electron chi connectivity index (χ2n) is 4.20. The molecule has 1 rings (SSSR count). The van der Waals surface area contributed by atoms with Gasteiger partial charge >= 0.3 is 0 Å². The van der Waals surface area contributed by atoms with Gasteiger partial charge in [0.05, 0.1) is 12.7 Å². The molecular formula is C13H21N3O2S. The van der Waals surface area contributed by atoms with E-state index < -0.39 is 0 Å². The van der Waals surface area contributed by atoms with E-state index in [4.69, 9.17) is 15.7 Å². The van der Waals surface area contributed by atoms with Gasteiger partial charge in [-0.2, -0.15) is 11.8 Å². The van der Waals surface area contributed by atoms with Crippen LogP contribution in [0, 0.1) is 0 Å². The van der Waals surface area contributed by atoms with Crippen molar-refractivity contribution in [3.05, 3.63) is 29.3 Å². The van der Waals surface area contributed by atoms with Gasteiger partial charge in [-0.3, -0.25) is 0 Å². The first-order chi connectivity index (χ1) is 9.12. The zero-order valence-electron chi connectivity index (χ0n) is 11.5. The van der Waals surface area contributed by atoms with Crippen LogP contribution in [-0.4, -0.2) is 36.2 Å². The van der Waals surface area contributed by atoms with Crippen molar-refractivity contribution in [2.24, 2.45) is 10.9 Å². The summed E-state index contributed by atoms with van der Waals surface area (Å²) in [5.74, 6) is 0.646. The van der Waals surface area contributed by atoms with Gasteiger partial charge < -0.3 is 21.0 Å². The fourth-order valence-electron chi connectivity index (χ4n) is 1.62. The lowest BCUT2D eigenvalue weighted by Gasteiger charge is -2.12. The molecule has 0 aliphatic rings. The molecule has 1 unspecified atom stereocenters. The minimum Gasteiger partial charge on any atom is -0.496 e. The van der Waals surface area contributed by atoms with Crippen molar-refractivity contribution < 1.29 is 9.94 Å². The standard InChI is InChI=1S/C13H21N3O2S/c1-9(19-3)7-15-8-10-4-5-12(18-2)11(6-10)13(14)16-17/h4-6,9,15,17H,7-8H2,1-3H3,(H2,14,16). The predicted octanol–water partition coefficient (Wildman–Crippen LogP) is 1.63. The smallest absolute Gasteiger partial charge is 0.173 e. The van der Waals surface area contributed by atoms with Crippen LogP contribution in [0.2, 0.25) is 0 Å². The number of nitrogens with one attached hydrogen (secondary N) is 1. The summed E-state index contributed by atoms with van der Waals surface area (Å²) in [5, 5.41) is 15.7. The Labute approximate surface area is 118 Å². The van der Waals surface area contributed by atoms with Crippen molar-refractivity contribution in [2.75, 3.05) is 19.9 Å². The normalized spacial score (nSPS) is 13.3. The SMILES string of the molecule is COc1ccc(CNCC(C)SC)cc1/C(N)=N/O. The maximum atomic E-state index is 8.77. The van der Waals surface area contributed by atoms with Crippen LogP contribution in [0.4, 0.5) is 0 Å². The zero-order valence-corrected chi connectivity index (χ0v) is 12.3. The van der Waals surface area contributed by atoms with Crippen molar-refractivity contribution in [2.45, 2.75) is 18.7 Å². The Bertz CT molecular complexity index is 438. The van der Waals surface area contributed by atoms with E-state index in [1.807, 2.05) is 30.0 Å². The van der Waals surface area contributed by atoms with Crippen LogP contribution in [0.25, 0.3) is 0 Å². The number of oxime groups is 1. The highest BCUT2D eigenvalue weighted by molar-refractivity contribution is 7.99. The van der Waals surface area contributed by atoms with E-state index >= 15 is 0 Å². The third-order valence-electron chi connectivity index (χ3n) is 2.81. The summed E-state index contributed by atoms with van der Waals surface area (Å²) >= 11 is 1.82. The molecule has 0 heterocycles. The van der Waals surface area contributed by atoms with Gasteiger partial charge in [-0.05, 0) is 24.0 Å². The number of hydrogen-bond acceptors (Lipinski definition) is 5. The lowest BCUT2D eigenvalue weighted by atomic mass is 10.1. The third-order valence-corrected chi connectivity index (χ3v) is 3.78.